The highest BCUT2D eigenvalue weighted by Crippen LogP contribution is 2.39. The van der Waals surface area contributed by atoms with E-state index in [1.54, 1.807) is 0 Å². The molecule has 0 saturated heterocycles. The van der Waals surface area contributed by atoms with E-state index in [1.807, 2.05) is 0 Å². The van der Waals surface area contributed by atoms with Gasteiger partial charge in [0.15, 0.2) is 0 Å². The predicted octanol–water partition coefficient (Wildman–Crippen LogP) is 5.50. The van der Waals surface area contributed by atoms with Crippen LogP contribution in [0.25, 0.3) is 6.08 Å². The largest absolute Gasteiger partial charge is 0.360 e. The molecule has 0 N–H and O–H groups in total. The third-order valence-electron chi connectivity index (χ3n) is 4.69. The second kappa shape index (κ2) is 6.76. The van der Waals surface area contributed by atoms with Crippen LogP contribution >= 0.6 is 0 Å². The fourth-order valence-electron chi connectivity index (χ4n) is 3.52. The van der Waals surface area contributed by atoms with Crippen LogP contribution in [0.1, 0.15) is 22.7 Å². The normalized spacial score (nSPS) is 16.5. The fraction of sp³-hybridized carbons (Fsp3) is 0.130. The number of para-hydroxylation sites is 1. The summed E-state index contributed by atoms with van der Waals surface area (Å²) in [6.45, 7) is 0.922. The molecule has 0 fully saturated rings. The Labute approximate surface area is 143 Å². The molecule has 0 unspecified atom stereocenters. The topological polar surface area (TPSA) is 3.24 Å². The van der Waals surface area contributed by atoms with Crippen molar-refractivity contribution in [1.29, 1.82) is 0 Å². The first-order valence-electron chi connectivity index (χ1n) is 8.53. The van der Waals surface area contributed by atoms with Gasteiger partial charge < -0.3 is 4.90 Å². The van der Waals surface area contributed by atoms with E-state index >= 15 is 0 Å². The second-order valence-corrected chi connectivity index (χ2v) is 6.22. The van der Waals surface area contributed by atoms with Crippen LogP contribution in [0.4, 0.5) is 5.69 Å². The smallest absolute Gasteiger partial charge is 0.0587 e. The number of fused-ring (bicyclic) bond motifs is 1. The number of hydrogen-bond donors (Lipinski definition) is 0. The summed E-state index contributed by atoms with van der Waals surface area (Å²) in [7, 11) is 0. The molecule has 0 bridgehead atoms. The number of rotatable bonds is 4. The monoisotopic (exact) mass is 311 g/mol. The predicted molar refractivity (Wildman–Crippen MR) is 102 cm³/mol. The van der Waals surface area contributed by atoms with E-state index in [4.69, 9.17) is 0 Å². The Balaban J connectivity index is 1.60. The molecule has 0 amide bonds. The lowest BCUT2D eigenvalue weighted by Gasteiger charge is -2.26. The van der Waals surface area contributed by atoms with E-state index in [0.717, 1.165) is 13.0 Å². The van der Waals surface area contributed by atoms with Crippen molar-refractivity contribution >= 4 is 11.8 Å². The van der Waals surface area contributed by atoms with E-state index in [0.29, 0.717) is 6.04 Å². The Hall–Kier alpha value is -2.80. The number of anilines is 1. The lowest BCUT2D eigenvalue weighted by Crippen LogP contribution is -2.25. The minimum Gasteiger partial charge on any atom is -0.360 e. The van der Waals surface area contributed by atoms with Crippen LogP contribution in [0.2, 0.25) is 0 Å². The minimum absolute atomic E-state index is 0.420. The zero-order chi connectivity index (χ0) is 16.2. The molecular weight excluding hydrogens is 290 g/mol. The van der Waals surface area contributed by atoms with Crippen LogP contribution in [-0.4, -0.2) is 6.54 Å². The van der Waals surface area contributed by atoms with Crippen molar-refractivity contribution in [3.05, 3.63) is 108 Å². The number of hydrogen-bond acceptors (Lipinski definition) is 1. The fourth-order valence-corrected chi connectivity index (χ4v) is 3.52. The lowest BCUT2D eigenvalue weighted by molar-refractivity contribution is 0.692. The lowest BCUT2D eigenvalue weighted by atomic mass is 10.0. The minimum atomic E-state index is 0.420. The van der Waals surface area contributed by atoms with Gasteiger partial charge in [-0.15, -0.1) is 0 Å². The molecule has 3 aromatic carbocycles. The van der Waals surface area contributed by atoms with Crippen molar-refractivity contribution in [2.24, 2.45) is 0 Å². The second-order valence-electron chi connectivity index (χ2n) is 6.22. The van der Waals surface area contributed by atoms with E-state index in [2.05, 4.69) is 102 Å². The standard InChI is InChI=1S/C23H21N/c1-3-10-19(11-4-1)12-9-17-24-22-16-8-7-15-21(22)18-23(24)20-13-5-2-6-14-20/h1-16,23H,17-18H2/b12-9+/t23-/m1/s1. The summed E-state index contributed by atoms with van der Waals surface area (Å²) in [5.74, 6) is 0. The first-order valence-corrected chi connectivity index (χ1v) is 8.53. The molecule has 1 aliphatic heterocycles. The molecule has 1 atom stereocenters. The molecule has 1 heterocycles. The summed E-state index contributed by atoms with van der Waals surface area (Å²) in [6, 6.07) is 30.5. The Bertz CT molecular complexity index is 821. The van der Waals surface area contributed by atoms with Crippen LogP contribution in [0.15, 0.2) is 91.0 Å². The molecule has 118 valence electrons. The molecule has 1 aliphatic rings. The Morgan fingerprint density at radius 2 is 1.46 bits per heavy atom. The molecule has 4 rings (SSSR count). The molecule has 1 heteroatoms. The summed E-state index contributed by atoms with van der Waals surface area (Å²) in [4.78, 5) is 2.52. The molecular formula is C23H21N. The van der Waals surface area contributed by atoms with E-state index in [1.165, 1.54) is 22.4 Å². The first kappa shape index (κ1) is 14.8. The Morgan fingerprint density at radius 1 is 0.792 bits per heavy atom. The SMILES string of the molecule is C(=C\c1ccccc1)/CN1c2ccccc2C[C@@H]1c1ccccc1. The molecule has 0 aromatic heterocycles. The van der Waals surface area contributed by atoms with E-state index in [9.17, 15) is 0 Å². The van der Waals surface area contributed by atoms with Crippen LogP contribution < -0.4 is 4.90 Å². The third-order valence-corrected chi connectivity index (χ3v) is 4.69. The van der Waals surface area contributed by atoms with Crippen molar-refractivity contribution in [1.82, 2.24) is 0 Å². The Morgan fingerprint density at radius 3 is 2.25 bits per heavy atom. The summed E-state index contributed by atoms with van der Waals surface area (Å²) in [6.07, 6.45) is 5.57. The summed E-state index contributed by atoms with van der Waals surface area (Å²) in [5, 5.41) is 0. The van der Waals surface area contributed by atoms with Crippen LogP contribution in [0.5, 0.6) is 0 Å². The molecule has 0 aliphatic carbocycles. The molecule has 1 nitrogen and oxygen atoms in total. The van der Waals surface area contributed by atoms with Gasteiger partial charge in [0.25, 0.3) is 0 Å². The van der Waals surface area contributed by atoms with Gasteiger partial charge >= 0.3 is 0 Å². The van der Waals surface area contributed by atoms with Crippen molar-refractivity contribution in [3.63, 3.8) is 0 Å². The maximum Gasteiger partial charge on any atom is 0.0587 e. The highest BCUT2D eigenvalue weighted by molar-refractivity contribution is 5.62. The zero-order valence-corrected chi connectivity index (χ0v) is 13.7. The first-order chi connectivity index (χ1) is 11.9. The van der Waals surface area contributed by atoms with Gasteiger partial charge in [0.2, 0.25) is 0 Å². The van der Waals surface area contributed by atoms with E-state index in [-0.39, 0.29) is 0 Å². The quantitative estimate of drug-likeness (QED) is 0.614. The highest BCUT2D eigenvalue weighted by atomic mass is 15.2. The van der Waals surface area contributed by atoms with Crippen LogP contribution in [0, 0.1) is 0 Å². The average Bonchev–Trinajstić information content (AvgIpc) is 3.02. The molecule has 0 spiro atoms. The van der Waals surface area contributed by atoms with Gasteiger partial charge in [-0.2, -0.15) is 0 Å². The van der Waals surface area contributed by atoms with Crippen molar-refractivity contribution in [2.75, 3.05) is 11.4 Å². The average molecular weight is 311 g/mol. The van der Waals surface area contributed by atoms with Gasteiger partial charge in [-0.3, -0.25) is 0 Å². The van der Waals surface area contributed by atoms with Gasteiger partial charge in [0.1, 0.15) is 0 Å². The van der Waals surface area contributed by atoms with E-state index < -0.39 is 0 Å². The maximum atomic E-state index is 2.52. The van der Waals surface area contributed by atoms with Gasteiger partial charge in [-0.1, -0.05) is 91.0 Å². The summed E-state index contributed by atoms with van der Waals surface area (Å²) < 4.78 is 0. The van der Waals surface area contributed by atoms with Crippen LogP contribution in [-0.2, 0) is 6.42 Å². The van der Waals surface area contributed by atoms with Gasteiger partial charge in [-0.05, 0) is 29.2 Å². The molecule has 0 saturated carbocycles. The van der Waals surface area contributed by atoms with Crippen molar-refractivity contribution < 1.29 is 0 Å². The summed E-state index contributed by atoms with van der Waals surface area (Å²) >= 11 is 0. The van der Waals surface area contributed by atoms with Gasteiger partial charge in [0.05, 0.1) is 6.04 Å². The van der Waals surface area contributed by atoms with Gasteiger partial charge in [-0.25, -0.2) is 0 Å². The number of nitrogens with zero attached hydrogens (tertiary/aromatic N) is 1. The zero-order valence-electron chi connectivity index (χ0n) is 13.7. The molecule has 24 heavy (non-hydrogen) atoms. The Kier molecular flexibility index (Phi) is 4.16. The summed E-state index contributed by atoms with van der Waals surface area (Å²) in [5.41, 5.74) is 5.45. The molecule has 3 aromatic rings. The highest BCUT2D eigenvalue weighted by Gasteiger charge is 2.28. The van der Waals surface area contributed by atoms with Crippen LogP contribution in [0.3, 0.4) is 0 Å². The maximum absolute atomic E-state index is 2.52. The molecule has 0 radical (unpaired) electrons. The van der Waals surface area contributed by atoms with Crippen molar-refractivity contribution in [3.8, 4) is 0 Å². The third kappa shape index (κ3) is 2.98. The van der Waals surface area contributed by atoms with Crippen molar-refractivity contribution in [2.45, 2.75) is 12.5 Å². The number of benzene rings is 3. The van der Waals surface area contributed by atoms with Gasteiger partial charge in [0, 0.05) is 12.2 Å².